The van der Waals surface area contributed by atoms with Gasteiger partial charge in [0.1, 0.15) is 18.0 Å². The van der Waals surface area contributed by atoms with Crippen LogP contribution in [-0.4, -0.2) is 15.3 Å². The minimum absolute atomic E-state index is 0.254. The van der Waals surface area contributed by atoms with E-state index in [1.807, 2.05) is 65.3 Å². The van der Waals surface area contributed by atoms with Crippen molar-refractivity contribution in [2.45, 2.75) is 13.2 Å². The highest BCUT2D eigenvalue weighted by molar-refractivity contribution is 5.92. The van der Waals surface area contributed by atoms with Gasteiger partial charge in [0.15, 0.2) is 5.76 Å². The summed E-state index contributed by atoms with van der Waals surface area (Å²) in [6.45, 7) is 0.581. The van der Waals surface area contributed by atoms with E-state index in [2.05, 4.69) is 10.3 Å². The number of pyridine rings is 1. The SMILES string of the molecule is O=C(NCc1cn2ccccc2n1)c1occc1COc1ccccc1. The molecule has 3 aromatic heterocycles. The van der Waals surface area contributed by atoms with E-state index in [9.17, 15) is 4.79 Å². The Labute approximate surface area is 150 Å². The van der Waals surface area contributed by atoms with Crippen LogP contribution in [-0.2, 0) is 13.2 Å². The number of nitrogens with one attached hydrogen (secondary N) is 1. The molecular weight excluding hydrogens is 330 g/mol. The van der Waals surface area contributed by atoms with Crippen LogP contribution in [0.1, 0.15) is 21.8 Å². The van der Waals surface area contributed by atoms with Crippen molar-refractivity contribution >= 4 is 11.6 Å². The van der Waals surface area contributed by atoms with Crippen molar-refractivity contribution in [1.29, 1.82) is 0 Å². The molecule has 4 aromatic rings. The number of aromatic nitrogens is 2. The first-order valence-corrected chi connectivity index (χ1v) is 8.24. The summed E-state index contributed by atoms with van der Waals surface area (Å²) in [6.07, 6.45) is 5.29. The number of fused-ring (bicyclic) bond motifs is 1. The van der Waals surface area contributed by atoms with Crippen LogP contribution in [0.5, 0.6) is 5.75 Å². The van der Waals surface area contributed by atoms with E-state index in [0.29, 0.717) is 12.1 Å². The fourth-order valence-corrected chi connectivity index (χ4v) is 2.65. The van der Waals surface area contributed by atoms with E-state index in [-0.39, 0.29) is 18.3 Å². The molecule has 0 aliphatic heterocycles. The first kappa shape index (κ1) is 16.0. The fraction of sp³-hybridized carbons (Fsp3) is 0.100. The molecule has 1 N–H and O–H groups in total. The number of carbonyl (C=O) groups is 1. The molecule has 0 spiro atoms. The van der Waals surface area contributed by atoms with Crippen LogP contribution in [0.15, 0.2) is 77.7 Å². The van der Waals surface area contributed by atoms with Crippen LogP contribution in [0.25, 0.3) is 5.65 Å². The molecule has 130 valence electrons. The Kier molecular flexibility index (Phi) is 4.38. The first-order valence-electron chi connectivity index (χ1n) is 8.24. The van der Waals surface area contributed by atoms with Gasteiger partial charge in [-0.1, -0.05) is 24.3 Å². The molecule has 0 radical (unpaired) electrons. The predicted octanol–water partition coefficient (Wildman–Crippen LogP) is 3.44. The van der Waals surface area contributed by atoms with E-state index in [4.69, 9.17) is 9.15 Å². The third-order valence-corrected chi connectivity index (χ3v) is 3.93. The maximum Gasteiger partial charge on any atom is 0.287 e. The number of rotatable bonds is 6. The molecule has 0 aliphatic carbocycles. The van der Waals surface area contributed by atoms with E-state index < -0.39 is 0 Å². The molecule has 6 heteroatoms. The summed E-state index contributed by atoms with van der Waals surface area (Å²) in [4.78, 5) is 16.9. The average Bonchev–Trinajstić information content (AvgIpc) is 3.31. The fourth-order valence-electron chi connectivity index (χ4n) is 2.65. The Hall–Kier alpha value is -3.54. The maximum absolute atomic E-state index is 12.4. The number of hydrogen-bond acceptors (Lipinski definition) is 4. The number of nitrogens with zero attached hydrogens (tertiary/aromatic N) is 2. The second kappa shape index (κ2) is 7.14. The summed E-state index contributed by atoms with van der Waals surface area (Å²) in [5.74, 6) is 0.702. The van der Waals surface area contributed by atoms with E-state index in [0.717, 1.165) is 17.1 Å². The van der Waals surface area contributed by atoms with Gasteiger partial charge in [0.05, 0.1) is 18.5 Å². The Bertz CT molecular complexity index is 988. The van der Waals surface area contributed by atoms with Gasteiger partial charge in [0, 0.05) is 18.0 Å². The summed E-state index contributed by atoms with van der Waals surface area (Å²) >= 11 is 0. The number of benzene rings is 1. The Morgan fingerprint density at radius 1 is 1.12 bits per heavy atom. The third kappa shape index (κ3) is 3.44. The number of imidazole rings is 1. The molecule has 0 atom stereocenters. The van der Waals surface area contributed by atoms with Crippen LogP contribution in [0.4, 0.5) is 0 Å². The van der Waals surface area contributed by atoms with E-state index in [1.165, 1.54) is 6.26 Å². The molecule has 0 saturated carbocycles. The zero-order valence-electron chi connectivity index (χ0n) is 14.0. The van der Waals surface area contributed by atoms with Crippen molar-refractivity contribution in [2.24, 2.45) is 0 Å². The molecule has 1 amide bonds. The summed E-state index contributed by atoms with van der Waals surface area (Å²) < 4.78 is 12.9. The summed E-state index contributed by atoms with van der Waals surface area (Å²) in [7, 11) is 0. The normalized spacial score (nSPS) is 10.8. The number of carbonyl (C=O) groups excluding carboxylic acids is 1. The number of para-hydroxylation sites is 1. The second-order valence-corrected chi connectivity index (χ2v) is 5.76. The molecular formula is C20H17N3O3. The second-order valence-electron chi connectivity index (χ2n) is 5.76. The smallest absolute Gasteiger partial charge is 0.287 e. The molecule has 1 aromatic carbocycles. The molecule has 6 nitrogen and oxygen atoms in total. The summed E-state index contributed by atoms with van der Waals surface area (Å²) in [6, 6.07) is 16.9. The highest BCUT2D eigenvalue weighted by atomic mass is 16.5. The van der Waals surface area contributed by atoms with Gasteiger partial charge in [-0.3, -0.25) is 4.79 Å². The summed E-state index contributed by atoms with van der Waals surface area (Å²) in [5, 5.41) is 2.84. The number of ether oxygens (including phenoxy) is 1. The third-order valence-electron chi connectivity index (χ3n) is 3.93. The van der Waals surface area contributed by atoms with Gasteiger partial charge in [-0.05, 0) is 30.3 Å². The average molecular weight is 347 g/mol. The van der Waals surface area contributed by atoms with Gasteiger partial charge in [-0.25, -0.2) is 4.98 Å². The van der Waals surface area contributed by atoms with Crippen LogP contribution in [0.2, 0.25) is 0 Å². The lowest BCUT2D eigenvalue weighted by Gasteiger charge is -2.06. The molecule has 3 heterocycles. The Balaban J connectivity index is 1.39. The number of hydrogen-bond donors (Lipinski definition) is 1. The Morgan fingerprint density at radius 3 is 2.81 bits per heavy atom. The molecule has 0 bridgehead atoms. The molecule has 4 rings (SSSR count). The maximum atomic E-state index is 12.4. The van der Waals surface area contributed by atoms with Gasteiger partial charge in [-0.2, -0.15) is 0 Å². The Morgan fingerprint density at radius 2 is 1.96 bits per heavy atom. The topological polar surface area (TPSA) is 68.8 Å². The lowest BCUT2D eigenvalue weighted by Crippen LogP contribution is -2.23. The first-order chi connectivity index (χ1) is 12.8. The van der Waals surface area contributed by atoms with Crippen molar-refractivity contribution in [3.05, 3.63) is 90.3 Å². The lowest BCUT2D eigenvalue weighted by atomic mass is 10.2. The highest BCUT2D eigenvalue weighted by Gasteiger charge is 2.16. The molecule has 0 saturated heterocycles. The van der Waals surface area contributed by atoms with Crippen molar-refractivity contribution in [1.82, 2.24) is 14.7 Å². The predicted molar refractivity (Wildman–Crippen MR) is 95.8 cm³/mol. The van der Waals surface area contributed by atoms with Crippen molar-refractivity contribution in [3.8, 4) is 5.75 Å². The van der Waals surface area contributed by atoms with Crippen molar-refractivity contribution in [3.63, 3.8) is 0 Å². The van der Waals surface area contributed by atoms with Gasteiger partial charge < -0.3 is 18.9 Å². The van der Waals surface area contributed by atoms with Crippen molar-refractivity contribution in [2.75, 3.05) is 0 Å². The molecule has 26 heavy (non-hydrogen) atoms. The minimum Gasteiger partial charge on any atom is -0.489 e. The van der Waals surface area contributed by atoms with Gasteiger partial charge in [0.2, 0.25) is 0 Å². The minimum atomic E-state index is -0.293. The van der Waals surface area contributed by atoms with Gasteiger partial charge >= 0.3 is 0 Å². The van der Waals surface area contributed by atoms with Gasteiger partial charge in [-0.15, -0.1) is 0 Å². The summed E-state index contributed by atoms with van der Waals surface area (Å²) in [5.41, 5.74) is 2.31. The lowest BCUT2D eigenvalue weighted by molar-refractivity contribution is 0.0919. The molecule has 0 unspecified atom stereocenters. The molecule has 0 fully saturated rings. The van der Waals surface area contributed by atoms with Crippen LogP contribution < -0.4 is 10.1 Å². The molecule has 0 aliphatic rings. The monoisotopic (exact) mass is 347 g/mol. The van der Waals surface area contributed by atoms with Crippen molar-refractivity contribution < 1.29 is 13.9 Å². The zero-order chi connectivity index (χ0) is 17.8. The highest BCUT2D eigenvalue weighted by Crippen LogP contribution is 2.16. The zero-order valence-corrected chi connectivity index (χ0v) is 14.0. The van der Waals surface area contributed by atoms with Crippen LogP contribution in [0, 0.1) is 0 Å². The van der Waals surface area contributed by atoms with Crippen LogP contribution in [0.3, 0.4) is 0 Å². The standard InChI is InChI=1S/C20H17N3O3/c24-20(21-12-16-13-23-10-5-4-8-18(23)22-16)19-15(9-11-25-19)14-26-17-6-2-1-3-7-17/h1-11,13H,12,14H2,(H,21,24). The van der Waals surface area contributed by atoms with Crippen LogP contribution >= 0.6 is 0 Å². The quantitative estimate of drug-likeness (QED) is 0.580. The van der Waals surface area contributed by atoms with E-state index in [1.54, 1.807) is 6.07 Å². The van der Waals surface area contributed by atoms with E-state index >= 15 is 0 Å². The number of furan rings is 1. The number of amides is 1. The largest absolute Gasteiger partial charge is 0.489 e. The van der Waals surface area contributed by atoms with Gasteiger partial charge in [0.25, 0.3) is 5.91 Å².